The minimum Gasteiger partial charge on any atom is -0.480 e. The predicted octanol–water partition coefficient (Wildman–Crippen LogP) is 0.722. The average molecular weight is 329 g/mol. The molecular formula is C12H13BrN2O4. The maximum atomic E-state index is 11.7. The fourth-order valence-electron chi connectivity index (χ4n) is 1.29. The molecule has 7 heteroatoms. The first kappa shape index (κ1) is 15.2. The number of nitrogens with zero attached hydrogens (tertiary/aromatic N) is 1. The molecule has 0 spiro atoms. The summed E-state index contributed by atoms with van der Waals surface area (Å²) in [5, 5.41) is 11.0. The summed E-state index contributed by atoms with van der Waals surface area (Å²) in [5.41, 5.74) is 0.428. The number of halogens is 1. The van der Waals surface area contributed by atoms with E-state index in [4.69, 9.17) is 5.11 Å². The number of hydrogen-bond acceptors (Lipinski definition) is 3. The molecule has 0 aliphatic heterocycles. The lowest BCUT2D eigenvalue weighted by molar-refractivity contribution is -0.143. The van der Waals surface area contributed by atoms with Gasteiger partial charge in [-0.1, -0.05) is 15.9 Å². The van der Waals surface area contributed by atoms with Gasteiger partial charge in [0.15, 0.2) is 0 Å². The molecule has 0 fully saturated rings. The van der Waals surface area contributed by atoms with Crippen molar-refractivity contribution in [2.45, 2.75) is 0 Å². The Morgan fingerprint density at radius 2 is 1.84 bits per heavy atom. The SMILES string of the molecule is CN(CC(=O)O)C(=O)CNC(=O)c1ccc(Br)cc1. The molecule has 0 saturated heterocycles. The molecule has 2 N–H and O–H groups in total. The molecule has 0 heterocycles. The quantitative estimate of drug-likeness (QED) is 0.833. The number of benzene rings is 1. The lowest BCUT2D eigenvalue weighted by Gasteiger charge is -2.14. The molecule has 0 aliphatic carbocycles. The lowest BCUT2D eigenvalue weighted by Crippen LogP contribution is -2.40. The standard InChI is InChI=1S/C12H13BrN2O4/c1-15(7-11(17)18)10(16)6-14-12(19)8-2-4-9(13)5-3-8/h2-5H,6-7H2,1H3,(H,14,19)(H,17,18). The minimum absolute atomic E-state index is 0.237. The van der Waals surface area contributed by atoms with Crippen LogP contribution >= 0.6 is 15.9 Å². The monoisotopic (exact) mass is 328 g/mol. The number of likely N-dealkylation sites (N-methyl/N-ethyl adjacent to an activating group) is 1. The third-order valence-corrected chi connectivity index (χ3v) is 2.83. The fraction of sp³-hybridized carbons (Fsp3) is 0.250. The summed E-state index contributed by atoms with van der Waals surface area (Å²) >= 11 is 3.25. The van der Waals surface area contributed by atoms with Gasteiger partial charge in [0.2, 0.25) is 5.91 Å². The van der Waals surface area contributed by atoms with E-state index in [0.717, 1.165) is 9.37 Å². The highest BCUT2D eigenvalue weighted by molar-refractivity contribution is 9.10. The van der Waals surface area contributed by atoms with Gasteiger partial charge < -0.3 is 15.3 Å². The van der Waals surface area contributed by atoms with Crippen LogP contribution in [0.15, 0.2) is 28.7 Å². The maximum absolute atomic E-state index is 11.7. The van der Waals surface area contributed by atoms with Crippen LogP contribution in [0.4, 0.5) is 0 Å². The average Bonchev–Trinajstić information content (AvgIpc) is 2.35. The highest BCUT2D eigenvalue weighted by Crippen LogP contribution is 2.10. The first-order chi connectivity index (χ1) is 8.90. The van der Waals surface area contributed by atoms with Gasteiger partial charge in [0.05, 0.1) is 6.54 Å². The van der Waals surface area contributed by atoms with Crippen LogP contribution in [0.2, 0.25) is 0 Å². The van der Waals surface area contributed by atoms with Crippen molar-refractivity contribution < 1.29 is 19.5 Å². The van der Waals surface area contributed by atoms with Crippen molar-refractivity contribution >= 4 is 33.7 Å². The molecule has 2 amide bonds. The normalized spacial score (nSPS) is 9.79. The van der Waals surface area contributed by atoms with Crippen molar-refractivity contribution in [1.29, 1.82) is 0 Å². The molecule has 0 unspecified atom stereocenters. The van der Waals surface area contributed by atoms with Crippen LogP contribution in [0.25, 0.3) is 0 Å². The predicted molar refractivity (Wildman–Crippen MR) is 71.7 cm³/mol. The summed E-state index contributed by atoms with van der Waals surface area (Å²) in [6.45, 7) is -0.633. The Kier molecular flexibility index (Phi) is 5.50. The van der Waals surface area contributed by atoms with Crippen molar-refractivity contribution in [1.82, 2.24) is 10.2 Å². The number of hydrogen-bond donors (Lipinski definition) is 2. The number of nitrogens with one attached hydrogen (secondary N) is 1. The number of carboxylic acids is 1. The number of carboxylic acid groups (broad SMARTS) is 1. The highest BCUT2D eigenvalue weighted by Gasteiger charge is 2.13. The molecule has 1 rings (SSSR count). The number of carbonyl (C=O) groups excluding carboxylic acids is 2. The molecule has 102 valence electrons. The number of carbonyl (C=O) groups is 3. The number of rotatable bonds is 5. The topological polar surface area (TPSA) is 86.7 Å². The highest BCUT2D eigenvalue weighted by atomic mass is 79.9. The molecule has 0 radical (unpaired) electrons. The molecule has 1 aromatic rings. The molecule has 0 bridgehead atoms. The van der Waals surface area contributed by atoms with E-state index < -0.39 is 18.4 Å². The van der Waals surface area contributed by atoms with E-state index in [1.165, 1.54) is 7.05 Å². The summed E-state index contributed by atoms with van der Waals surface area (Å²) < 4.78 is 0.848. The summed E-state index contributed by atoms with van der Waals surface area (Å²) in [7, 11) is 1.36. The summed E-state index contributed by atoms with van der Waals surface area (Å²) in [6.07, 6.45) is 0. The molecule has 0 aromatic heterocycles. The second-order valence-electron chi connectivity index (χ2n) is 3.83. The van der Waals surface area contributed by atoms with Gasteiger partial charge in [-0.25, -0.2) is 0 Å². The summed E-state index contributed by atoms with van der Waals surface area (Å²) in [4.78, 5) is 34.7. The van der Waals surface area contributed by atoms with Gasteiger partial charge in [0.25, 0.3) is 5.91 Å². The third-order valence-electron chi connectivity index (χ3n) is 2.30. The molecule has 0 atom stereocenters. The second kappa shape index (κ2) is 6.89. The smallest absolute Gasteiger partial charge is 0.323 e. The molecule has 1 aromatic carbocycles. The van der Waals surface area contributed by atoms with E-state index in [2.05, 4.69) is 21.2 Å². The Morgan fingerprint density at radius 3 is 2.37 bits per heavy atom. The van der Waals surface area contributed by atoms with Crippen LogP contribution in [-0.2, 0) is 9.59 Å². The Balaban J connectivity index is 2.48. The van der Waals surface area contributed by atoms with Crippen molar-refractivity contribution in [3.8, 4) is 0 Å². The van der Waals surface area contributed by atoms with E-state index in [0.29, 0.717) is 5.56 Å². The molecule has 6 nitrogen and oxygen atoms in total. The zero-order chi connectivity index (χ0) is 14.4. The summed E-state index contributed by atoms with van der Waals surface area (Å²) in [6, 6.07) is 6.66. The van der Waals surface area contributed by atoms with Gasteiger partial charge in [-0.05, 0) is 24.3 Å². The van der Waals surface area contributed by atoms with Gasteiger partial charge >= 0.3 is 5.97 Å². The Bertz CT molecular complexity index is 487. The van der Waals surface area contributed by atoms with Crippen molar-refractivity contribution in [3.63, 3.8) is 0 Å². The third kappa shape index (κ3) is 5.09. The number of amides is 2. The van der Waals surface area contributed by atoms with Crippen molar-refractivity contribution in [2.75, 3.05) is 20.1 Å². The molecule has 0 saturated carbocycles. The summed E-state index contributed by atoms with van der Waals surface area (Å²) in [5.74, 6) is -1.95. The zero-order valence-corrected chi connectivity index (χ0v) is 11.8. The zero-order valence-electron chi connectivity index (χ0n) is 10.2. The van der Waals surface area contributed by atoms with E-state index >= 15 is 0 Å². The Morgan fingerprint density at radius 1 is 1.26 bits per heavy atom. The maximum Gasteiger partial charge on any atom is 0.323 e. The van der Waals surface area contributed by atoms with Crippen LogP contribution in [0.5, 0.6) is 0 Å². The second-order valence-corrected chi connectivity index (χ2v) is 4.75. The molecule has 0 aliphatic rings. The van der Waals surface area contributed by atoms with E-state index in [-0.39, 0.29) is 12.5 Å². The first-order valence-corrected chi connectivity index (χ1v) is 6.19. The van der Waals surface area contributed by atoms with Crippen LogP contribution in [0.1, 0.15) is 10.4 Å². The van der Waals surface area contributed by atoms with Gasteiger partial charge in [-0.3, -0.25) is 14.4 Å². The van der Waals surface area contributed by atoms with Crippen LogP contribution in [0.3, 0.4) is 0 Å². The van der Waals surface area contributed by atoms with Crippen LogP contribution < -0.4 is 5.32 Å². The van der Waals surface area contributed by atoms with E-state index in [9.17, 15) is 14.4 Å². The largest absolute Gasteiger partial charge is 0.480 e. The molecule has 19 heavy (non-hydrogen) atoms. The van der Waals surface area contributed by atoms with Crippen molar-refractivity contribution in [2.24, 2.45) is 0 Å². The van der Waals surface area contributed by atoms with Crippen LogP contribution in [-0.4, -0.2) is 47.9 Å². The minimum atomic E-state index is -1.10. The lowest BCUT2D eigenvalue weighted by atomic mass is 10.2. The Labute approximate surface area is 118 Å². The van der Waals surface area contributed by atoms with Gasteiger partial charge in [-0.15, -0.1) is 0 Å². The van der Waals surface area contributed by atoms with Gasteiger partial charge in [0, 0.05) is 17.1 Å². The Hall–Kier alpha value is -1.89. The van der Waals surface area contributed by atoms with E-state index in [1.807, 2.05) is 0 Å². The number of aliphatic carboxylic acids is 1. The van der Waals surface area contributed by atoms with Gasteiger partial charge in [0.1, 0.15) is 6.54 Å². The first-order valence-electron chi connectivity index (χ1n) is 5.39. The van der Waals surface area contributed by atoms with E-state index in [1.54, 1.807) is 24.3 Å². The van der Waals surface area contributed by atoms with Crippen molar-refractivity contribution in [3.05, 3.63) is 34.3 Å². The van der Waals surface area contributed by atoms with Gasteiger partial charge in [-0.2, -0.15) is 0 Å². The van der Waals surface area contributed by atoms with Crippen LogP contribution in [0, 0.1) is 0 Å². The molecular weight excluding hydrogens is 316 g/mol. The fourth-order valence-corrected chi connectivity index (χ4v) is 1.55.